The van der Waals surface area contributed by atoms with Gasteiger partial charge in [0.05, 0.1) is 0 Å². The van der Waals surface area contributed by atoms with E-state index in [1.807, 2.05) is 6.92 Å². The van der Waals surface area contributed by atoms with Crippen molar-refractivity contribution in [1.29, 1.82) is 0 Å². The summed E-state index contributed by atoms with van der Waals surface area (Å²) in [6, 6.07) is 6.92. The molecule has 0 fully saturated rings. The lowest BCUT2D eigenvalue weighted by Gasteiger charge is -2.16. The molecule has 4 heteroatoms. The summed E-state index contributed by atoms with van der Waals surface area (Å²) in [5.74, 6) is -1.06. The molecule has 1 rings (SSSR count). The van der Waals surface area contributed by atoms with E-state index in [9.17, 15) is 9.59 Å². The quantitative estimate of drug-likeness (QED) is 0.812. The van der Waals surface area contributed by atoms with Crippen LogP contribution in [0.5, 0.6) is 0 Å². The van der Waals surface area contributed by atoms with E-state index in [2.05, 4.69) is 0 Å². The highest BCUT2D eigenvalue weighted by atomic mass is 16.4. The van der Waals surface area contributed by atoms with Gasteiger partial charge in [-0.15, -0.1) is 0 Å². The van der Waals surface area contributed by atoms with Crippen LogP contribution in [0.3, 0.4) is 0 Å². The molecular formula is C14H17NO3. The molecule has 0 unspecified atom stereocenters. The summed E-state index contributed by atoms with van der Waals surface area (Å²) >= 11 is 0. The molecule has 0 aliphatic heterocycles. The largest absolute Gasteiger partial charge is 0.478 e. The molecule has 0 aliphatic carbocycles. The Morgan fingerprint density at radius 2 is 2.11 bits per heavy atom. The summed E-state index contributed by atoms with van der Waals surface area (Å²) < 4.78 is 0. The van der Waals surface area contributed by atoms with Crippen molar-refractivity contribution in [1.82, 2.24) is 4.90 Å². The van der Waals surface area contributed by atoms with Crippen LogP contribution in [-0.4, -0.2) is 35.5 Å². The average Bonchev–Trinajstić information content (AvgIpc) is 2.36. The fourth-order valence-electron chi connectivity index (χ4n) is 1.60. The predicted molar refractivity (Wildman–Crippen MR) is 70.4 cm³/mol. The van der Waals surface area contributed by atoms with Crippen LogP contribution in [0.15, 0.2) is 30.3 Å². The topological polar surface area (TPSA) is 57.6 Å². The number of carboxylic acids is 1. The van der Waals surface area contributed by atoms with Gasteiger partial charge in [0.1, 0.15) is 0 Å². The van der Waals surface area contributed by atoms with Crippen molar-refractivity contribution in [3.05, 3.63) is 41.5 Å². The van der Waals surface area contributed by atoms with Crippen LogP contribution in [0.1, 0.15) is 29.3 Å². The number of aliphatic carboxylic acids is 1. The molecule has 1 amide bonds. The average molecular weight is 247 g/mol. The van der Waals surface area contributed by atoms with Gasteiger partial charge in [0, 0.05) is 25.2 Å². The van der Waals surface area contributed by atoms with Gasteiger partial charge in [-0.25, -0.2) is 4.79 Å². The Morgan fingerprint density at radius 3 is 2.72 bits per heavy atom. The zero-order valence-electron chi connectivity index (χ0n) is 10.6. The van der Waals surface area contributed by atoms with E-state index in [-0.39, 0.29) is 5.91 Å². The van der Waals surface area contributed by atoms with Crippen LogP contribution in [-0.2, 0) is 4.79 Å². The first-order valence-electron chi connectivity index (χ1n) is 5.81. The van der Waals surface area contributed by atoms with Crippen LogP contribution in [0.4, 0.5) is 0 Å². The number of carboxylic acid groups (broad SMARTS) is 1. The second kappa shape index (κ2) is 6.59. The molecule has 4 nitrogen and oxygen atoms in total. The lowest BCUT2D eigenvalue weighted by molar-refractivity contribution is -0.131. The third kappa shape index (κ3) is 4.05. The van der Waals surface area contributed by atoms with Gasteiger partial charge in [0.2, 0.25) is 0 Å². The van der Waals surface area contributed by atoms with Crippen molar-refractivity contribution in [2.24, 2.45) is 0 Å². The summed E-state index contributed by atoms with van der Waals surface area (Å²) in [5.41, 5.74) is 1.27. The van der Waals surface area contributed by atoms with Crippen LogP contribution >= 0.6 is 0 Å². The molecule has 0 saturated carbocycles. The van der Waals surface area contributed by atoms with Crippen LogP contribution in [0, 0.1) is 0 Å². The Balaban J connectivity index is 2.88. The Bertz CT molecular complexity index is 466. The number of rotatable bonds is 5. The molecule has 0 saturated heterocycles. The molecule has 0 spiro atoms. The van der Waals surface area contributed by atoms with Gasteiger partial charge in [-0.3, -0.25) is 4.79 Å². The molecule has 1 aromatic carbocycles. The van der Waals surface area contributed by atoms with Crippen molar-refractivity contribution in [2.45, 2.75) is 13.3 Å². The highest BCUT2D eigenvalue weighted by Gasteiger charge is 2.10. The lowest BCUT2D eigenvalue weighted by atomic mass is 10.1. The SMILES string of the molecule is CCCN(C)C(=O)c1cccc(/C=C/C(=O)O)c1. The number of benzene rings is 1. The number of carbonyl (C=O) groups is 2. The van der Waals surface area contributed by atoms with E-state index < -0.39 is 5.97 Å². The molecule has 18 heavy (non-hydrogen) atoms. The minimum atomic E-state index is -1.00. The fourth-order valence-corrected chi connectivity index (χ4v) is 1.60. The van der Waals surface area contributed by atoms with Gasteiger partial charge in [-0.05, 0) is 30.2 Å². The molecule has 1 N–H and O–H groups in total. The van der Waals surface area contributed by atoms with Crippen LogP contribution in [0.2, 0.25) is 0 Å². The third-order valence-corrected chi connectivity index (χ3v) is 2.46. The van der Waals surface area contributed by atoms with Gasteiger partial charge >= 0.3 is 5.97 Å². The first-order valence-corrected chi connectivity index (χ1v) is 5.81. The molecule has 0 heterocycles. The second-order valence-electron chi connectivity index (χ2n) is 4.02. The van der Waals surface area contributed by atoms with E-state index in [0.717, 1.165) is 12.5 Å². The second-order valence-corrected chi connectivity index (χ2v) is 4.02. The molecular weight excluding hydrogens is 230 g/mol. The van der Waals surface area contributed by atoms with E-state index >= 15 is 0 Å². The Labute approximate surface area is 107 Å². The van der Waals surface area contributed by atoms with Crippen molar-refractivity contribution in [2.75, 3.05) is 13.6 Å². The maximum atomic E-state index is 12.0. The summed E-state index contributed by atoms with van der Waals surface area (Å²) in [5, 5.41) is 8.55. The minimum Gasteiger partial charge on any atom is -0.478 e. The van der Waals surface area contributed by atoms with Crippen molar-refractivity contribution in [3.63, 3.8) is 0 Å². The lowest BCUT2D eigenvalue weighted by Crippen LogP contribution is -2.27. The molecule has 0 aromatic heterocycles. The Kier molecular flexibility index (Phi) is 5.11. The maximum Gasteiger partial charge on any atom is 0.328 e. The summed E-state index contributed by atoms with van der Waals surface area (Å²) in [7, 11) is 1.76. The Hall–Kier alpha value is -2.10. The highest BCUT2D eigenvalue weighted by Crippen LogP contribution is 2.09. The zero-order valence-corrected chi connectivity index (χ0v) is 10.6. The standard InChI is InChI=1S/C14H17NO3/c1-3-9-15(2)14(18)12-6-4-5-11(10-12)7-8-13(16)17/h4-8,10H,3,9H2,1-2H3,(H,16,17)/b8-7+. The van der Waals surface area contributed by atoms with E-state index in [1.165, 1.54) is 6.08 Å². The summed E-state index contributed by atoms with van der Waals surface area (Å²) in [6.45, 7) is 2.71. The number of hydrogen-bond donors (Lipinski definition) is 1. The van der Waals surface area contributed by atoms with Crippen LogP contribution in [0.25, 0.3) is 6.08 Å². The van der Waals surface area contributed by atoms with Gasteiger partial charge < -0.3 is 10.0 Å². The van der Waals surface area contributed by atoms with E-state index in [4.69, 9.17) is 5.11 Å². The van der Waals surface area contributed by atoms with E-state index in [1.54, 1.807) is 36.2 Å². The van der Waals surface area contributed by atoms with Gasteiger partial charge in [0.15, 0.2) is 0 Å². The zero-order chi connectivity index (χ0) is 13.5. The number of nitrogens with zero attached hydrogens (tertiary/aromatic N) is 1. The fraction of sp³-hybridized carbons (Fsp3) is 0.286. The molecule has 1 aromatic rings. The third-order valence-electron chi connectivity index (χ3n) is 2.46. The molecule has 0 radical (unpaired) electrons. The van der Waals surface area contributed by atoms with E-state index in [0.29, 0.717) is 17.7 Å². The molecule has 0 atom stereocenters. The predicted octanol–water partition coefficient (Wildman–Crippen LogP) is 2.27. The molecule has 96 valence electrons. The maximum absolute atomic E-state index is 12.0. The van der Waals surface area contributed by atoms with Crippen LogP contribution < -0.4 is 0 Å². The van der Waals surface area contributed by atoms with Crippen molar-refractivity contribution in [3.8, 4) is 0 Å². The molecule has 0 bridgehead atoms. The highest BCUT2D eigenvalue weighted by molar-refractivity contribution is 5.95. The van der Waals surface area contributed by atoms with Crippen molar-refractivity contribution < 1.29 is 14.7 Å². The number of carbonyl (C=O) groups excluding carboxylic acids is 1. The summed E-state index contributed by atoms with van der Waals surface area (Å²) in [6.07, 6.45) is 3.43. The smallest absolute Gasteiger partial charge is 0.328 e. The molecule has 0 aliphatic rings. The summed E-state index contributed by atoms with van der Waals surface area (Å²) in [4.78, 5) is 24.1. The normalized spacial score (nSPS) is 10.6. The first-order chi connectivity index (χ1) is 8.54. The Morgan fingerprint density at radius 1 is 1.39 bits per heavy atom. The monoisotopic (exact) mass is 247 g/mol. The minimum absolute atomic E-state index is 0.0533. The van der Waals surface area contributed by atoms with Gasteiger partial charge in [-0.1, -0.05) is 19.1 Å². The number of amides is 1. The first kappa shape index (κ1) is 14.0. The van der Waals surface area contributed by atoms with Gasteiger partial charge in [0.25, 0.3) is 5.91 Å². The number of hydrogen-bond acceptors (Lipinski definition) is 2. The van der Waals surface area contributed by atoms with Crippen molar-refractivity contribution >= 4 is 18.0 Å². The van der Waals surface area contributed by atoms with Gasteiger partial charge in [-0.2, -0.15) is 0 Å².